The average molecular weight is 285 g/mol. The maximum absolute atomic E-state index is 9.18. The van der Waals surface area contributed by atoms with Crippen molar-refractivity contribution in [1.82, 2.24) is 0 Å². The van der Waals surface area contributed by atoms with Crippen LogP contribution in [0.15, 0.2) is 72.8 Å². The lowest BCUT2D eigenvalue weighted by Gasteiger charge is -2.14. The summed E-state index contributed by atoms with van der Waals surface area (Å²) in [5, 5.41) is 12.4. The van der Waals surface area contributed by atoms with Crippen molar-refractivity contribution in [1.29, 1.82) is 5.26 Å². The SMILES string of the molecule is N#Cc1ccccc1Nc1cccc(-c2ccccc2)c1N. The number of nitriles is 1. The highest BCUT2D eigenvalue weighted by Crippen LogP contribution is 2.33. The third-order valence-electron chi connectivity index (χ3n) is 3.51. The largest absolute Gasteiger partial charge is 0.397 e. The summed E-state index contributed by atoms with van der Waals surface area (Å²) in [6.45, 7) is 0. The first-order valence-corrected chi connectivity index (χ1v) is 6.99. The van der Waals surface area contributed by atoms with Crippen molar-refractivity contribution < 1.29 is 0 Å². The molecule has 3 aromatic carbocycles. The Hall–Kier alpha value is -3.25. The minimum atomic E-state index is 0.590. The van der Waals surface area contributed by atoms with E-state index in [4.69, 9.17) is 5.73 Å². The molecule has 3 heteroatoms. The van der Waals surface area contributed by atoms with Crippen LogP contribution in [0.1, 0.15) is 5.56 Å². The van der Waals surface area contributed by atoms with Crippen LogP contribution in [-0.4, -0.2) is 0 Å². The first-order valence-electron chi connectivity index (χ1n) is 6.99. The number of hydrogen-bond donors (Lipinski definition) is 2. The van der Waals surface area contributed by atoms with Gasteiger partial charge in [0.05, 0.1) is 22.6 Å². The van der Waals surface area contributed by atoms with Crippen molar-refractivity contribution in [2.24, 2.45) is 0 Å². The predicted molar refractivity (Wildman–Crippen MR) is 90.7 cm³/mol. The maximum Gasteiger partial charge on any atom is 0.101 e. The lowest BCUT2D eigenvalue weighted by molar-refractivity contribution is 1.46. The predicted octanol–water partition coefficient (Wildman–Crippen LogP) is 4.55. The van der Waals surface area contributed by atoms with Crippen molar-refractivity contribution in [2.45, 2.75) is 0 Å². The molecule has 0 radical (unpaired) electrons. The van der Waals surface area contributed by atoms with E-state index in [1.807, 2.05) is 66.7 Å². The smallest absolute Gasteiger partial charge is 0.101 e. The molecule has 0 bridgehead atoms. The zero-order valence-electron chi connectivity index (χ0n) is 12.0. The number of nitrogens with zero attached hydrogens (tertiary/aromatic N) is 1. The number of para-hydroxylation sites is 2. The minimum Gasteiger partial charge on any atom is -0.397 e. The van der Waals surface area contributed by atoms with Crippen molar-refractivity contribution >= 4 is 17.1 Å². The molecule has 0 unspecified atom stereocenters. The molecule has 3 rings (SSSR count). The molecule has 106 valence electrons. The molecule has 0 atom stereocenters. The fourth-order valence-corrected chi connectivity index (χ4v) is 2.38. The second kappa shape index (κ2) is 6.02. The highest BCUT2D eigenvalue weighted by Gasteiger charge is 2.08. The van der Waals surface area contributed by atoms with Gasteiger partial charge in [-0.15, -0.1) is 0 Å². The third-order valence-corrected chi connectivity index (χ3v) is 3.51. The van der Waals surface area contributed by atoms with E-state index in [0.29, 0.717) is 11.3 Å². The minimum absolute atomic E-state index is 0.590. The summed E-state index contributed by atoms with van der Waals surface area (Å²) in [5.41, 5.74) is 11.2. The van der Waals surface area contributed by atoms with E-state index < -0.39 is 0 Å². The Balaban J connectivity index is 2.01. The fraction of sp³-hybridized carbons (Fsp3) is 0. The number of nitrogen functional groups attached to an aromatic ring is 1. The molecule has 22 heavy (non-hydrogen) atoms. The molecule has 0 aliphatic carbocycles. The molecular formula is C19H15N3. The number of nitrogens with one attached hydrogen (secondary N) is 1. The van der Waals surface area contributed by atoms with E-state index in [0.717, 1.165) is 22.5 Å². The molecular weight excluding hydrogens is 270 g/mol. The van der Waals surface area contributed by atoms with Gasteiger partial charge in [0.1, 0.15) is 6.07 Å². The van der Waals surface area contributed by atoms with Crippen molar-refractivity contribution in [3.8, 4) is 17.2 Å². The van der Waals surface area contributed by atoms with Crippen LogP contribution in [0.4, 0.5) is 17.1 Å². The Morgan fingerprint density at radius 1 is 0.773 bits per heavy atom. The Bertz CT molecular complexity index is 833. The van der Waals surface area contributed by atoms with Crippen LogP contribution in [0.2, 0.25) is 0 Å². The van der Waals surface area contributed by atoms with Gasteiger partial charge < -0.3 is 11.1 Å². The average Bonchev–Trinajstić information content (AvgIpc) is 2.58. The lowest BCUT2D eigenvalue weighted by atomic mass is 10.0. The molecule has 3 nitrogen and oxygen atoms in total. The standard InChI is InChI=1S/C19H15N3/c20-13-15-9-4-5-11-17(15)22-18-12-6-10-16(19(18)21)14-7-2-1-3-8-14/h1-12,22H,21H2. The number of rotatable bonds is 3. The Morgan fingerprint density at radius 3 is 2.23 bits per heavy atom. The van der Waals surface area contributed by atoms with Crippen molar-refractivity contribution in [3.63, 3.8) is 0 Å². The monoisotopic (exact) mass is 285 g/mol. The van der Waals surface area contributed by atoms with Gasteiger partial charge in [-0.05, 0) is 23.8 Å². The summed E-state index contributed by atoms with van der Waals surface area (Å²) in [4.78, 5) is 0. The molecule has 0 saturated heterocycles. The Morgan fingerprint density at radius 2 is 1.45 bits per heavy atom. The number of benzene rings is 3. The Labute approximate surface area is 129 Å². The van der Waals surface area contributed by atoms with Gasteiger partial charge in [0.15, 0.2) is 0 Å². The van der Waals surface area contributed by atoms with Crippen LogP contribution in [0.3, 0.4) is 0 Å². The zero-order chi connectivity index (χ0) is 15.4. The van der Waals surface area contributed by atoms with Crippen LogP contribution >= 0.6 is 0 Å². The highest BCUT2D eigenvalue weighted by atomic mass is 14.9. The molecule has 3 aromatic rings. The van der Waals surface area contributed by atoms with Crippen LogP contribution in [0.5, 0.6) is 0 Å². The second-order valence-electron chi connectivity index (χ2n) is 4.92. The second-order valence-corrected chi connectivity index (χ2v) is 4.92. The molecule has 0 heterocycles. The van der Waals surface area contributed by atoms with Gasteiger partial charge in [-0.3, -0.25) is 0 Å². The van der Waals surface area contributed by atoms with Gasteiger partial charge in [0, 0.05) is 5.56 Å². The zero-order valence-corrected chi connectivity index (χ0v) is 12.0. The molecule has 0 aromatic heterocycles. The summed E-state index contributed by atoms with van der Waals surface area (Å²) in [5.74, 6) is 0. The number of anilines is 3. The van der Waals surface area contributed by atoms with Crippen molar-refractivity contribution in [2.75, 3.05) is 11.1 Å². The summed E-state index contributed by atoms with van der Waals surface area (Å²) in [7, 11) is 0. The first-order chi connectivity index (χ1) is 10.8. The molecule has 0 saturated carbocycles. The van der Waals surface area contributed by atoms with Gasteiger partial charge in [-0.1, -0.05) is 54.6 Å². The van der Waals surface area contributed by atoms with E-state index in [1.54, 1.807) is 6.07 Å². The third kappa shape index (κ3) is 2.63. The van der Waals surface area contributed by atoms with Gasteiger partial charge in [0.25, 0.3) is 0 Å². The number of nitrogens with two attached hydrogens (primary N) is 1. The molecule has 3 N–H and O–H groups in total. The summed E-state index contributed by atoms with van der Waals surface area (Å²) < 4.78 is 0. The van der Waals surface area contributed by atoms with Gasteiger partial charge in [0.2, 0.25) is 0 Å². The normalized spacial score (nSPS) is 9.95. The fourth-order valence-electron chi connectivity index (χ4n) is 2.38. The van der Waals surface area contributed by atoms with E-state index in [-0.39, 0.29) is 0 Å². The van der Waals surface area contributed by atoms with Gasteiger partial charge in [-0.25, -0.2) is 0 Å². The van der Waals surface area contributed by atoms with E-state index in [1.165, 1.54) is 0 Å². The van der Waals surface area contributed by atoms with Crippen LogP contribution < -0.4 is 11.1 Å². The van der Waals surface area contributed by atoms with E-state index >= 15 is 0 Å². The van der Waals surface area contributed by atoms with Crippen molar-refractivity contribution in [3.05, 3.63) is 78.4 Å². The summed E-state index contributed by atoms with van der Waals surface area (Å²) >= 11 is 0. The summed E-state index contributed by atoms with van der Waals surface area (Å²) in [6, 6.07) is 25.4. The quantitative estimate of drug-likeness (QED) is 0.694. The van der Waals surface area contributed by atoms with Crippen LogP contribution in [0, 0.1) is 11.3 Å². The molecule has 0 fully saturated rings. The maximum atomic E-state index is 9.18. The summed E-state index contributed by atoms with van der Waals surface area (Å²) in [6.07, 6.45) is 0. The van der Waals surface area contributed by atoms with Crippen LogP contribution in [-0.2, 0) is 0 Å². The molecule has 0 spiro atoms. The molecule has 0 amide bonds. The van der Waals surface area contributed by atoms with Crippen LogP contribution in [0.25, 0.3) is 11.1 Å². The van der Waals surface area contributed by atoms with Gasteiger partial charge in [-0.2, -0.15) is 5.26 Å². The lowest BCUT2D eigenvalue weighted by Crippen LogP contribution is -1.99. The molecule has 0 aliphatic heterocycles. The number of hydrogen-bond acceptors (Lipinski definition) is 3. The topological polar surface area (TPSA) is 61.8 Å². The Kier molecular flexibility index (Phi) is 3.76. The van der Waals surface area contributed by atoms with Gasteiger partial charge >= 0.3 is 0 Å². The van der Waals surface area contributed by atoms with E-state index in [2.05, 4.69) is 11.4 Å². The molecule has 0 aliphatic rings. The highest BCUT2D eigenvalue weighted by molar-refractivity contribution is 5.87. The first kappa shape index (κ1) is 13.7. The van der Waals surface area contributed by atoms with E-state index in [9.17, 15) is 5.26 Å².